The summed E-state index contributed by atoms with van der Waals surface area (Å²) in [6.45, 7) is 0. The van der Waals surface area contributed by atoms with Crippen molar-refractivity contribution in [3.8, 4) is 11.1 Å². The van der Waals surface area contributed by atoms with Crippen LogP contribution in [0.15, 0.2) is 60.7 Å². The summed E-state index contributed by atoms with van der Waals surface area (Å²) in [4.78, 5) is 0. The molecule has 0 saturated heterocycles. The highest BCUT2D eigenvalue weighted by molar-refractivity contribution is 6.02. The Morgan fingerprint density at radius 1 is 0.833 bits per heavy atom. The zero-order valence-corrected chi connectivity index (χ0v) is 9.73. The van der Waals surface area contributed by atoms with E-state index in [0.29, 0.717) is 5.69 Å². The monoisotopic (exact) mass is 237 g/mol. The van der Waals surface area contributed by atoms with Crippen LogP contribution in [0.3, 0.4) is 0 Å². The van der Waals surface area contributed by atoms with Gasteiger partial charge in [-0.15, -0.1) is 0 Å². The first-order valence-corrected chi connectivity index (χ1v) is 5.79. The van der Waals surface area contributed by atoms with Crippen molar-refractivity contribution < 1.29 is 4.39 Å². The molecule has 0 atom stereocenters. The molecule has 0 unspecified atom stereocenters. The molecule has 0 heterocycles. The Hall–Kier alpha value is -2.35. The van der Waals surface area contributed by atoms with E-state index in [1.54, 1.807) is 6.07 Å². The molecule has 0 amide bonds. The lowest BCUT2D eigenvalue weighted by atomic mass is 9.96. The molecular formula is C16H12FN. The maximum atomic E-state index is 13.4. The Balaban J connectivity index is 2.40. The minimum atomic E-state index is -0.245. The normalized spacial score (nSPS) is 10.7. The molecule has 3 aromatic carbocycles. The van der Waals surface area contributed by atoms with Crippen molar-refractivity contribution >= 4 is 16.5 Å². The van der Waals surface area contributed by atoms with Crippen molar-refractivity contribution in [3.05, 3.63) is 66.5 Å². The number of halogens is 1. The Kier molecular flexibility index (Phi) is 2.49. The van der Waals surface area contributed by atoms with Gasteiger partial charge in [0.05, 0.1) is 0 Å². The molecule has 2 N–H and O–H groups in total. The maximum Gasteiger partial charge on any atom is 0.123 e. The van der Waals surface area contributed by atoms with Gasteiger partial charge >= 0.3 is 0 Å². The molecule has 0 bridgehead atoms. The van der Waals surface area contributed by atoms with Gasteiger partial charge in [0.2, 0.25) is 0 Å². The van der Waals surface area contributed by atoms with Gasteiger partial charge in [-0.25, -0.2) is 4.39 Å². The number of rotatable bonds is 1. The van der Waals surface area contributed by atoms with E-state index < -0.39 is 0 Å². The summed E-state index contributed by atoms with van der Waals surface area (Å²) in [5.41, 5.74) is 8.61. The zero-order chi connectivity index (χ0) is 12.5. The fraction of sp³-hybridized carbons (Fsp3) is 0. The molecule has 1 nitrogen and oxygen atoms in total. The van der Waals surface area contributed by atoms with E-state index in [9.17, 15) is 4.39 Å². The zero-order valence-electron chi connectivity index (χ0n) is 9.73. The lowest BCUT2D eigenvalue weighted by molar-refractivity contribution is 0.630. The van der Waals surface area contributed by atoms with Crippen LogP contribution >= 0.6 is 0 Å². The van der Waals surface area contributed by atoms with Gasteiger partial charge in [-0.3, -0.25) is 0 Å². The molecule has 0 saturated carbocycles. The molecule has 0 aliphatic heterocycles. The first kappa shape index (κ1) is 10.8. The summed E-state index contributed by atoms with van der Waals surface area (Å²) in [6.07, 6.45) is 0. The Bertz CT molecular complexity index is 700. The SMILES string of the molecule is Nc1ccc2ccc(F)cc2c1-c1ccccc1. The summed E-state index contributed by atoms with van der Waals surface area (Å²) in [5.74, 6) is -0.245. The lowest BCUT2D eigenvalue weighted by Gasteiger charge is -2.10. The number of hydrogen-bond acceptors (Lipinski definition) is 1. The number of fused-ring (bicyclic) bond motifs is 1. The minimum Gasteiger partial charge on any atom is -0.398 e. The molecule has 88 valence electrons. The van der Waals surface area contributed by atoms with E-state index in [1.807, 2.05) is 42.5 Å². The highest BCUT2D eigenvalue weighted by Crippen LogP contribution is 2.34. The third-order valence-electron chi connectivity index (χ3n) is 3.08. The van der Waals surface area contributed by atoms with Crippen molar-refractivity contribution in [1.29, 1.82) is 0 Å². The summed E-state index contributed by atoms with van der Waals surface area (Å²) in [5, 5.41) is 1.84. The molecule has 0 spiro atoms. The van der Waals surface area contributed by atoms with Gasteiger partial charge in [-0.2, -0.15) is 0 Å². The van der Waals surface area contributed by atoms with Crippen LogP contribution in [0.1, 0.15) is 0 Å². The van der Waals surface area contributed by atoms with Gasteiger partial charge in [0.1, 0.15) is 5.82 Å². The summed E-state index contributed by atoms with van der Waals surface area (Å²) < 4.78 is 13.4. The van der Waals surface area contributed by atoms with Gasteiger partial charge in [0.25, 0.3) is 0 Å². The second-order valence-electron chi connectivity index (χ2n) is 4.26. The highest BCUT2D eigenvalue weighted by Gasteiger charge is 2.08. The minimum absolute atomic E-state index is 0.245. The fourth-order valence-corrected chi connectivity index (χ4v) is 2.24. The van der Waals surface area contributed by atoms with Crippen LogP contribution in [0, 0.1) is 5.82 Å². The van der Waals surface area contributed by atoms with Crippen molar-refractivity contribution in [3.63, 3.8) is 0 Å². The summed E-state index contributed by atoms with van der Waals surface area (Å²) >= 11 is 0. The second kappa shape index (κ2) is 4.15. The van der Waals surface area contributed by atoms with Crippen LogP contribution in [-0.2, 0) is 0 Å². The van der Waals surface area contributed by atoms with Crippen LogP contribution in [0.5, 0.6) is 0 Å². The third kappa shape index (κ3) is 1.72. The Labute approximate surface area is 105 Å². The average molecular weight is 237 g/mol. The number of nitrogens with two attached hydrogens (primary N) is 1. The Morgan fingerprint density at radius 3 is 2.33 bits per heavy atom. The number of benzene rings is 3. The molecule has 18 heavy (non-hydrogen) atoms. The molecule has 3 rings (SSSR count). The smallest absolute Gasteiger partial charge is 0.123 e. The molecular weight excluding hydrogens is 225 g/mol. The fourth-order valence-electron chi connectivity index (χ4n) is 2.24. The van der Waals surface area contributed by atoms with E-state index in [1.165, 1.54) is 12.1 Å². The van der Waals surface area contributed by atoms with E-state index in [-0.39, 0.29) is 5.82 Å². The lowest BCUT2D eigenvalue weighted by Crippen LogP contribution is -1.92. The van der Waals surface area contributed by atoms with Gasteiger partial charge in [-0.05, 0) is 34.5 Å². The molecule has 3 aromatic rings. The van der Waals surface area contributed by atoms with E-state index in [2.05, 4.69) is 0 Å². The van der Waals surface area contributed by atoms with Crippen LogP contribution in [-0.4, -0.2) is 0 Å². The van der Waals surface area contributed by atoms with Crippen molar-refractivity contribution in [2.24, 2.45) is 0 Å². The van der Waals surface area contributed by atoms with E-state index in [4.69, 9.17) is 5.73 Å². The predicted molar refractivity (Wildman–Crippen MR) is 73.8 cm³/mol. The third-order valence-corrected chi connectivity index (χ3v) is 3.08. The van der Waals surface area contributed by atoms with Crippen LogP contribution in [0.2, 0.25) is 0 Å². The summed E-state index contributed by atoms with van der Waals surface area (Å²) in [6, 6.07) is 18.4. The molecule has 0 fully saturated rings. The maximum absolute atomic E-state index is 13.4. The van der Waals surface area contributed by atoms with E-state index in [0.717, 1.165) is 21.9 Å². The molecule has 0 aliphatic rings. The number of hydrogen-bond donors (Lipinski definition) is 1. The first-order chi connectivity index (χ1) is 8.75. The number of anilines is 1. The van der Waals surface area contributed by atoms with E-state index >= 15 is 0 Å². The van der Waals surface area contributed by atoms with Crippen molar-refractivity contribution in [2.75, 3.05) is 5.73 Å². The van der Waals surface area contributed by atoms with Crippen LogP contribution < -0.4 is 5.73 Å². The highest BCUT2D eigenvalue weighted by atomic mass is 19.1. The molecule has 0 radical (unpaired) electrons. The Morgan fingerprint density at radius 2 is 1.56 bits per heavy atom. The standard InChI is InChI=1S/C16H12FN/c17-13-8-6-11-7-9-15(18)16(14(11)10-13)12-4-2-1-3-5-12/h1-10H,18H2. The number of nitrogen functional groups attached to an aromatic ring is 1. The molecule has 0 aliphatic carbocycles. The van der Waals surface area contributed by atoms with Gasteiger partial charge in [0, 0.05) is 11.3 Å². The summed E-state index contributed by atoms with van der Waals surface area (Å²) in [7, 11) is 0. The van der Waals surface area contributed by atoms with Crippen LogP contribution in [0.4, 0.5) is 10.1 Å². The van der Waals surface area contributed by atoms with Gasteiger partial charge < -0.3 is 5.73 Å². The van der Waals surface area contributed by atoms with Gasteiger partial charge in [0.15, 0.2) is 0 Å². The second-order valence-corrected chi connectivity index (χ2v) is 4.26. The average Bonchev–Trinajstić information content (AvgIpc) is 2.39. The van der Waals surface area contributed by atoms with Crippen LogP contribution in [0.25, 0.3) is 21.9 Å². The van der Waals surface area contributed by atoms with Gasteiger partial charge in [-0.1, -0.05) is 42.5 Å². The van der Waals surface area contributed by atoms with Crippen molar-refractivity contribution in [2.45, 2.75) is 0 Å². The topological polar surface area (TPSA) is 26.0 Å². The molecule has 2 heteroatoms. The molecule has 0 aromatic heterocycles. The first-order valence-electron chi connectivity index (χ1n) is 5.79. The quantitative estimate of drug-likeness (QED) is 0.630. The largest absolute Gasteiger partial charge is 0.398 e. The van der Waals surface area contributed by atoms with Crippen molar-refractivity contribution in [1.82, 2.24) is 0 Å². The predicted octanol–water partition coefficient (Wildman–Crippen LogP) is 4.23.